The van der Waals surface area contributed by atoms with Crippen molar-refractivity contribution in [3.05, 3.63) is 30.5 Å². The lowest BCUT2D eigenvalue weighted by atomic mass is 10.1. The Hall–Kier alpha value is -2.37. The van der Waals surface area contributed by atoms with Gasteiger partial charge < -0.3 is 15.4 Å². The Morgan fingerprint density at radius 2 is 2.05 bits per heavy atom. The summed E-state index contributed by atoms with van der Waals surface area (Å²) >= 11 is 0. The molecule has 0 aliphatic carbocycles. The molecule has 0 amide bonds. The molecule has 1 aromatic carbocycles. The molecule has 0 aliphatic rings. The third-order valence-corrected chi connectivity index (χ3v) is 3.02. The Balaban J connectivity index is 2.04. The van der Waals surface area contributed by atoms with Crippen molar-refractivity contribution in [2.24, 2.45) is 5.92 Å². The monoisotopic (exact) mass is 301 g/mol. The third kappa shape index (κ3) is 4.87. The molecule has 2 rings (SSSR count). The zero-order valence-corrected chi connectivity index (χ0v) is 13.3. The van der Waals surface area contributed by atoms with Crippen LogP contribution in [-0.2, 0) is 0 Å². The second kappa shape index (κ2) is 8.17. The summed E-state index contributed by atoms with van der Waals surface area (Å²) in [5, 5.41) is 14.4. The van der Waals surface area contributed by atoms with E-state index in [1.807, 2.05) is 31.2 Å². The number of aromatic nitrogens is 3. The molecule has 0 aliphatic heterocycles. The number of para-hydroxylation sites is 2. The highest BCUT2D eigenvalue weighted by atomic mass is 16.5. The van der Waals surface area contributed by atoms with E-state index in [2.05, 4.69) is 39.7 Å². The van der Waals surface area contributed by atoms with Gasteiger partial charge in [0.15, 0.2) is 5.82 Å². The van der Waals surface area contributed by atoms with Crippen molar-refractivity contribution in [1.82, 2.24) is 15.2 Å². The van der Waals surface area contributed by atoms with Gasteiger partial charge in [-0.3, -0.25) is 0 Å². The molecule has 0 saturated heterocycles. The van der Waals surface area contributed by atoms with Crippen molar-refractivity contribution in [2.75, 3.05) is 23.8 Å². The quantitative estimate of drug-likeness (QED) is 0.778. The lowest BCUT2D eigenvalue weighted by molar-refractivity contribution is 0.342. The van der Waals surface area contributed by atoms with Crippen LogP contribution in [0.3, 0.4) is 0 Å². The zero-order valence-electron chi connectivity index (χ0n) is 13.3. The molecule has 6 nitrogen and oxygen atoms in total. The van der Waals surface area contributed by atoms with E-state index in [4.69, 9.17) is 4.74 Å². The van der Waals surface area contributed by atoms with Gasteiger partial charge in [0.25, 0.3) is 0 Å². The van der Waals surface area contributed by atoms with E-state index in [9.17, 15) is 0 Å². The van der Waals surface area contributed by atoms with Crippen LogP contribution in [0.25, 0.3) is 0 Å². The Morgan fingerprint density at radius 3 is 2.82 bits per heavy atom. The molecule has 2 N–H and O–H groups in total. The summed E-state index contributed by atoms with van der Waals surface area (Å²) in [4.78, 5) is 4.41. The Bertz CT molecular complexity index is 588. The summed E-state index contributed by atoms with van der Waals surface area (Å²) in [6.07, 6.45) is 2.71. The van der Waals surface area contributed by atoms with Crippen LogP contribution in [0, 0.1) is 5.92 Å². The van der Waals surface area contributed by atoms with Gasteiger partial charge >= 0.3 is 0 Å². The maximum atomic E-state index is 5.58. The minimum absolute atomic E-state index is 0.446. The first-order chi connectivity index (χ1) is 10.7. The summed E-state index contributed by atoms with van der Waals surface area (Å²) < 4.78 is 5.58. The number of benzene rings is 1. The Kier molecular flexibility index (Phi) is 5.94. The highest BCUT2D eigenvalue weighted by molar-refractivity contribution is 5.62. The van der Waals surface area contributed by atoms with E-state index in [-0.39, 0.29) is 0 Å². The van der Waals surface area contributed by atoms with Crippen molar-refractivity contribution in [3.8, 4) is 5.75 Å². The predicted octanol–water partition coefficient (Wildman–Crippen LogP) is 3.47. The highest BCUT2D eigenvalue weighted by Crippen LogP contribution is 2.26. The van der Waals surface area contributed by atoms with E-state index in [1.165, 1.54) is 0 Å². The number of anilines is 3. The SMILES string of the molecule is CCOc1ccccc1Nc1nncc(NCCC(C)C)n1. The van der Waals surface area contributed by atoms with Gasteiger partial charge in [0.05, 0.1) is 18.5 Å². The molecule has 0 bridgehead atoms. The predicted molar refractivity (Wildman–Crippen MR) is 88.7 cm³/mol. The molecular formula is C16H23N5O. The second-order valence-corrected chi connectivity index (χ2v) is 5.33. The van der Waals surface area contributed by atoms with E-state index in [1.54, 1.807) is 6.20 Å². The fourth-order valence-electron chi connectivity index (χ4n) is 1.90. The first-order valence-corrected chi connectivity index (χ1v) is 7.61. The van der Waals surface area contributed by atoms with E-state index in [0.717, 1.165) is 24.4 Å². The number of hydrogen-bond donors (Lipinski definition) is 2. The summed E-state index contributed by atoms with van der Waals surface area (Å²) in [7, 11) is 0. The summed E-state index contributed by atoms with van der Waals surface area (Å²) in [6.45, 7) is 7.81. The lowest BCUT2D eigenvalue weighted by Gasteiger charge is -2.11. The van der Waals surface area contributed by atoms with Crippen LogP contribution in [0.5, 0.6) is 5.75 Å². The smallest absolute Gasteiger partial charge is 0.249 e. The van der Waals surface area contributed by atoms with Crippen LogP contribution in [-0.4, -0.2) is 28.3 Å². The van der Waals surface area contributed by atoms with Gasteiger partial charge in [-0.05, 0) is 31.4 Å². The molecular weight excluding hydrogens is 278 g/mol. The molecule has 22 heavy (non-hydrogen) atoms. The molecule has 0 spiro atoms. The van der Waals surface area contributed by atoms with E-state index < -0.39 is 0 Å². The van der Waals surface area contributed by atoms with Crippen LogP contribution in [0.2, 0.25) is 0 Å². The highest BCUT2D eigenvalue weighted by Gasteiger charge is 2.06. The fourth-order valence-corrected chi connectivity index (χ4v) is 1.90. The van der Waals surface area contributed by atoms with Gasteiger partial charge in [-0.15, -0.1) is 5.10 Å². The zero-order chi connectivity index (χ0) is 15.8. The summed E-state index contributed by atoms with van der Waals surface area (Å²) in [5.74, 6) is 2.58. The van der Waals surface area contributed by atoms with Gasteiger partial charge in [0.1, 0.15) is 5.75 Å². The van der Waals surface area contributed by atoms with Crippen molar-refractivity contribution in [2.45, 2.75) is 27.2 Å². The minimum atomic E-state index is 0.446. The summed E-state index contributed by atoms with van der Waals surface area (Å²) in [5.41, 5.74) is 0.825. The standard InChI is InChI=1S/C16H23N5O/c1-4-22-14-8-6-5-7-13(14)19-16-20-15(11-18-21-16)17-10-9-12(2)3/h5-8,11-12H,4,9-10H2,1-3H3,(H2,17,19,20,21). The number of nitrogens with one attached hydrogen (secondary N) is 2. The lowest BCUT2D eigenvalue weighted by Crippen LogP contribution is -2.09. The molecule has 1 aromatic heterocycles. The maximum absolute atomic E-state index is 5.58. The Morgan fingerprint density at radius 1 is 1.23 bits per heavy atom. The number of hydrogen-bond acceptors (Lipinski definition) is 6. The van der Waals surface area contributed by atoms with Crippen molar-refractivity contribution >= 4 is 17.5 Å². The second-order valence-electron chi connectivity index (χ2n) is 5.33. The normalized spacial score (nSPS) is 10.5. The third-order valence-electron chi connectivity index (χ3n) is 3.02. The van der Waals surface area contributed by atoms with Gasteiger partial charge in [0, 0.05) is 6.54 Å². The average Bonchev–Trinajstić information content (AvgIpc) is 2.50. The minimum Gasteiger partial charge on any atom is -0.492 e. The number of rotatable bonds is 8. The molecule has 0 atom stereocenters. The largest absolute Gasteiger partial charge is 0.492 e. The van der Waals surface area contributed by atoms with Gasteiger partial charge in [0.2, 0.25) is 5.95 Å². The van der Waals surface area contributed by atoms with Crippen LogP contribution < -0.4 is 15.4 Å². The molecule has 1 heterocycles. The van der Waals surface area contributed by atoms with Gasteiger partial charge in [-0.1, -0.05) is 26.0 Å². The molecule has 0 saturated carbocycles. The van der Waals surface area contributed by atoms with Crippen LogP contribution in [0.4, 0.5) is 17.5 Å². The first kappa shape index (κ1) is 16.0. The van der Waals surface area contributed by atoms with Gasteiger partial charge in [-0.2, -0.15) is 10.1 Å². The Labute approximate surface area is 131 Å². The van der Waals surface area contributed by atoms with Gasteiger partial charge in [-0.25, -0.2) is 0 Å². The molecule has 6 heteroatoms. The molecule has 2 aromatic rings. The van der Waals surface area contributed by atoms with Crippen LogP contribution >= 0.6 is 0 Å². The van der Waals surface area contributed by atoms with Crippen molar-refractivity contribution in [1.29, 1.82) is 0 Å². The topological polar surface area (TPSA) is 72.0 Å². The van der Waals surface area contributed by atoms with E-state index >= 15 is 0 Å². The van der Waals surface area contributed by atoms with Crippen molar-refractivity contribution in [3.63, 3.8) is 0 Å². The molecule has 118 valence electrons. The molecule has 0 fully saturated rings. The average molecular weight is 301 g/mol. The van der Waals surface area contributed by atoms with Crippen LogP contribution in [0.1, 0.15) is 27.2 Å². The number of ether oxygens (including phenoxy) is 1. The van der Waals surface area contributed by atoms with E-state index in [0.29, 0.717) is 24.3 Å². The maximum Gasteiger partial charge on any atom is 0.249 e. The molecule has 0 unspecified atom stereocenters. The number of nitrogens with zero attached hydrogens (tertiary/aromatic N) is 3. The molecule has 0 radical (unpaired) electrons. The first-order valence-electron chi connectivity index (χ1n) is 7.61. The fraction of sp³-hybridized carbons (Fsp3) is 0.438. The van der Waals surface area contributed by atoms with Crippen molar-refractivity contribution < 1.29 is 4.74 Å². The summed E-state index contributed by atoms with van der Waals surface area (Å²) in [6, 6.07) is 7.69. The van der Waals surface area contributed by atoms with Crippen LogP contribution in [0.15, 0.2) is 30.5 Å².